The van der Waals surface area contributed by atoms with Crippen molar-refractivity contribution in [3.63, 3.8) is 0 Å². The lowest BCUT2D eigenvalue weighted by atomic mass is 10.1. The number of hydrogen-bond donors (Lipinski definition) is 1. The largest absolute Gasteiger partial charge is 0.399 e. The Kier molecular flexibility index (Phi) is 2.15. The number of benzene rings is 1. The van der Waals surface area contributed by atoms with Gasteiger partial charge in [-0.05, 0) is 24.6 Å². The van der Waals surface area contributed by atoms with Crippen molar-refractivity contribution >= 4 is 27.1 Å². The van der Waals surface area contributed by atoms with E-state index in [2.05, 4.69) is 0 Å². The maximum atomic E-state index is 12.6. The van der Waals surface area contributed by atoms with E-state index in [1.54, 1.807) is 12.1 Å². The van der Waals surface area contributed by atoms with E-state index in [0.29, 0.717) is 11.1 Å². The maximum Gasteiger partial charge on any atom is 0.265 e. The summed E-state index contributed by atoms with van der Waals surface area (Å²) in [6.45, 7) is 1.88. The fourth-order valence-corrected chi connectivity index (χ4v) is 2.55. The van der Waals surface area contributed by atoms with Crippen molar-refractivity contribution < 1.29 is 8.78 Å². The number of halogens is 2. The van der Waals surface area contributed by atoms with Gasteiger partial charge in [0, 0.05) is 26.7 Å². The fraction of sp³-hybridized carbons (Fsp3) is 0.200. The van der Waals surface area contributed by atoms with Gasteiger partial charge in [-0.25, -0.2) is 8.78 Å². The van der Waals surface area contributed by atoms with Crippen molar-refractivity contribution in [2.24, 2.45) is 0 Å². The Hall–Kier alpha value is -1.16. The van der Waals surface area contributed by atoms with Gasteiger partial charge < -0.3 is 5.73 Å². The van der Waals surface area contributed by atoms with Crippen LogP contribution in [0.2, 0.25) is 0 Å². The van der Waals surface area contributed by atoms with Crippen LogP contribution in [0.5, 0.6) is 0 Å². The summed E-state index contributed by atoms with van der Waals surface area (Å²) < 4.78 is 26.0. The van der Waals surface area contributed by atoms with Crippen molar-refractivity contribution in [1.82, 2.24) is 0 Å². The first kappa shape index (κ1) is 9.40. The number of aryl methyl sites for hydroxylation is 1. The average Bonchev–Trinajstić information content (AvgIpc) is 2.47. The minimum atomic E-state index is -2.43. The van der Waals surface area contributed by atoms with Crippen molar-refractivity contribution in [3.8, 4) is 0 Å². The first-order valence-corrected chi connectivity index (χ1v) is 5.03. The van der Waals surface area contributed by atoms with Crippen molar-refractivity contribution in [2.75, 3.05) is 5.73 Å². The van der Waals surface area contributed by atoms with Crippen LogP contribution >= 0.6 is 11.3 Å². The molecule has 0 saturated heterocycles. The molecule has 74 valence electrons. The summed E-state index contributed by atoms with van der Waals surface area (Å²) in [5, 5.41) is 2.09. The number of nitrogens with two attached hydrogens (primary N) is 1. The van der Waals surface area contributed by atoms with Gasteiger partial charge in [0.05, 0.1) is 0 Å². The van der Waals surface area contributed by atoms with Crippen LogP contribution in [0.15, 0.2) is 17.5 Å². The first-order chi connectivity index (χ1) is 6.59. The monoisotopic (exact) mass is 213 g/mol. The molecule has 1 heterocycles. The molecule has 4 heteroatoms. The van der Waals surface area contributed by atoms with Crippen LogP contribution in [0.1, 0.15) is 17.6 Å². The normalized spacial score (nSPS) is 11.4. The summed E-state index contributed by atoms with van der Waals surface area (Å²) in [6.07, 6.45) is -2.43. The predicted octanol–water partition coefficient (Wildman–Crippen LogP) is 3.73. The molecule has 0 bridgehead atoms. The molecule has 14 heavy (non-hydrogen) atoms. The average molecular weight is 213 g/mol. The van der Waals surface area contributed by atoms with Gasteiger partial charge >= 0.3 is 0 Å². The molecular weight excluding hydrogens is 204 g/mol. The highest BCUT2D eigenvalue weighted by atomic mass is 32.1. The number of anilines is 1. The number of hydrogen-bond acceptors (Lipinski definition) is 2. The van der Waals surface area contributed by atoms with Crippen LogP contribution in [0, 0.1) is 6.92 Å². The van der Waals surface area contributed by atoms with Gasteiger partial charge in [0.1, 0.15) is 0 Å². The molecule has 2 aromatic rings. The topological polar surface area (TPSA) is 26.0 Å². The predicted molar refractivity (Wildman–Crippen MR) is 55.9 cm³/mol. The van der Waals surface area contributed by atoms with E-state index in [1.807, 2.05) is 6.92 Å². The third kappa shape index (κ3) is 1.35. The zero-order valence-corrected chi connectivity index (χ0v) is 8.37. The lowest BCUT2D eigenvalue weighted by Gasteiger charge is -2.01. The fourth-order valence-electron chi connectivity index (χ4n) is 1.53. The minimum Gasteiger partial charge on any atom is -0.399 e. The Morgan fingerprint density at radius 1 is 1.36 bits per heavy atom. The lowest BCUT2D eigenvalue weighted by molar-refractivity contribution is 0.153. The molecule has 1 aromatic heterocycles. The number of alkyl halides is 2. The van der Waals surface area contributed by atoms with Gasteiger partial charge in [0.2, 0.25) is 0 Å². The summed E-state index contributed by atoms with van der Waals surface area (Å²) in [6, 6.07) is 3.41. The standard InChI is InChI=1S/C10H9F2NS/c1-5-2-6(13)3-7-8(10(11)12)4-14-9(5)7/h2-4,10H,13H2,1H3. The van der Waals surface area contributed by atoms with Crippen molar-refractivity contribution in [2.45, 2.75) is 13.3 Å². The molecule has 0 radical (unpaired) electrons. The quantitative estimate of drug-likeness (QED) is 0.717. The van der Waals surface area contributed by atoms with Gasteiger partial charge in [-0.15, -0.1) is 11.3 Å². The SMILES string of the molecule is Cc1cc(N)cc2c(C(F)F)csc12. The molecule has 0 spiro atoms. The van der Waals surface area contributed by atoms with Crippen LogP contribution < -0.4 is 5.73 Å². The van der Waals surface area contributed by atoms with Crippen LogP contribution in [0.3, 0.4) is 0 Å². The highest BCUT2D eigenvalue weighted by Gasteiger charge is 2.14. The Balaban J connectivity index is 2.78. The van der Waals surface area contributed by atoms with Gasteiger partial charge in [0.25, 0.3) is 6.43 Å². The van der Waals surface area contributed by atoms with E-state index in [0.717, 1.165) is 10.3 Å². The minimum absolute atomic E-state index is 0.0837. The maximum absolute atomic E-state index is 12.6. The highest BCUT2D eigenvalue weighted by Crippen LogP contribution is 2.35. The molecule has 0 saturated carbocycles. The van der Waals surface area contributed by atoms with E-state index >= 15 is 0 Å². The third-order valence-electron chi connectivity index (χ3n) is 2.15. The Morgan fingerprint density at radius 2 is 2.07 bits per heavy atom. The molecule has 1 nitrogen and oxygen atoms in total. The van der Waals surface area contributed by atoms with Crippen LogP contribution in [-0.2, 0) is 0 Å². The summed E-state index contributed by atoms with van der Waals surface area (Å²) in [7, 11) is 0. The van der Waals surface area contributed by atoms with E-state index in [4.69, 9.17) is 5.73 Å². The van der Waals surface area contributed by atoms with Crippen LogP contribution in [0.25, 0.3) is 10.1 Å². The van der Waals surface area contributed by atoms with Gasteiger partial charge in [0.15, 0.2) is 0 Å². The molecule has 0 aliphatic rings. The molecule has 0 aliphatic heterocycles. The van der Waals surface area contributed by atoms with Gasteiger partial charge in [-0.2, -0.15) is 0 Å². The first-order valence-electron chi connectivity index (χ1n) is 4.15. The molecule has 0 aliphatic carbocycles. The zero-order chi connectivity index (χ0) is 10.3. The Labute approximate surface area is 84.2 Å². The number of nitrogen functional groups attached to an aromatic ring is 1. The third-order valence-corrected chi connectivity index (χ3v) is 3.30. The second-order valence-corrected chi connectivity index (χ2v) is 4.09. The molecule has 1 aromatic carbocycles. The summed E-state index contributed by atoms with van der Waals surface area (Å²) in [5.41, 5.74) is 7.19. The van der Waals surface area contributed by atoms with E-state index in [-0.39, 0.29) is 5.56 Å². The molecule has 0 amide bonds. The van der Waals surface area contributed by atoms with Gasteiger partial charge in [-0.3, -0.25) is 0 Å². The summed E-state index contributed by atoms with van der Waals surface area (Å²) >= 11 is 1.34. The summed E-state index contributed by atoms with van der Waals surface area (Å²) in [5.74, 6) is 0. The summed E-state index contributed by atoms with van der Waals surface area (Å²) in [4.78, 5) is 0. The second-order valence-electron chi connectivity index (χ2n) is 3.21. The molecular formula is C10H9F2NS. The Bertz CT molecular complexity index is 476. The highest BCUT2D eigenvalue weighted by molar-refractivity contribution is 7.17. The molecule has 0 unspecified atom stereocenters. The smallest absolute Gasteiger partial charge is 0.265 e. The molecule has 0 fully saturated rings. The number of fused-ring (bicyclic) bond motifs is 1. The number of rotatable bonds is 1. The Morgan fingerprint density at radius 3 is 2.71 bits per heavy atom. The van der Waals surface area contributed by atoms with E-state index in [9.17, 15) is 8.78 Å². The van der Waals surface area contributed by atoms with Crippen molar-refractivity contribution in [3.05, 3.63) is 28.6 Å². The molecule has 0 atom stereocenters. The number of thiophene rings is 1. The molecule has 2 rings (SSSR count). The molecule has 2 N–H and O–H groups in total. The van der Waals surface area contributed by atoms with Gasteiger partial charge in [-0.1, -0.05) is 0 Å². The van der Waals surface area contributed by atoms with Crippen LogP contribution in [0.4, 0.5) is 14.5 Å². The van der Waals surface area contributed by atoms with Crippen LogP contribution in [-0.4, -0.2) is 0 Å². The van der Waals surface area contributed by atoms with E-state index < -0.39 is 6.43 Å². The van der Waals surface area contributed by atoms with E-state index in [1.165, 1.54) is 16.7 Å². The van der Waals surface area contributed by atoms with Crippen molar-refractivity contribution in [1.29, 1.82) is 0 Å². The zero-order valence-electron chi connectivity index (χ0n) is 7.55. The second kappa shape index (κ2) is 3.20. The lowest BCUT2D eigenvalue weighted by Crippen LogP contribution is -1.87.